The predicted molar refractivity (Wildman–Crippen MR) is 51.8 cm³/mol. The SMILES string of the molecule is Fc1cc(Cl)c2cc(Cl)sc2c1. The van der Waals surface area contributed by atoms with Gasteiger partial charge in [-0.1, -0.05) is 23.2 Å². The van der Waals surface area contributed by atoms with Gasteiger partial charge in [-0.2, -0.15) is 0 Å². The van der Waals surface area contributed by atoms with Gasteiger partial charge in [0.1, 0.15) is 5.82 Å². The molecule has 0 aliphatic rings. The zero-order valence-electron chi connectivity index (χ0n) is 5.77. The Balaban J connectivity index is 2.88. The lowest BCUT2D eigenvalue weighted by Gasteiger charge is -1.92. The maximum absolute atomic E-state index is 12.8. The molecule has 0 fully saturated rings. The molecule has 12 heavy (non-hydrogen) atoms. The summed E-state index contributed by atoms with van der Waals surface area (Å²) in [6.07, 6.45) is 0. The van der Waals surface area contributed by atoms with E-state index in [0.717, 1.165) is 10.1 Å². The van der Waals surface area contributed by atoms with Gasteiger partial charge in [0.25, 0.3) is 0 Å². The molecule has 0 bridgehead atoms. The third-order valence-corrected chi connectivity index (χ3v) is 3.05. The van der Waals surface area contributed by atoms with Crippen LogP contribution in [0, 0.1) is 5.82 Å². The summed E-state index contributed by atoms with van der Waals surface area (Å²) in [6.45, 7) is 0. The van der Waals surface area contributed by atoms with Crippen molar-refractivity contribution in [2.45, 2.75) is 0 Å². The molecule has 1 aromatic carbocycles. The Morgan fingerprint density at radius 1 is 1.17 bits per heavy atom. The molecule has 0 atom stereocenters. The van der Waals surface area contributed by atoms with E-state index < -0.39 is 0 Å². The van der Waals surface area contributed by atoms with Gasteiger partial charge in [-0.15, -0.1) is 11.3 Å². The maximum Gasteiger partial charge on any atom is 0.126 e. The van der Waals surface area contributed by atoms with Gasteiger partial charge in [-0.25, -0.2) is 4.39 Å². The predicted octanol–water partition coefficient (Wildman–Crippen LogP) is 4.35. The van der Waals surface area contributed by atoms with Crippen LogP contribution in [0.3, 0.4) is 0 Å². The van der Waals surface area contributed by atoms with Crippen molar-refractivity contribution in [2.75, 3.05) is 0 Å². The molecule has 0 aliphatic carbocycles. The summed E-state index contributed by atoms with van der Waals surface area (Å²) in [4.78, 5) is 0. The highest BCUT2D eigenvalue weighted by Gasteiger charge is 2.05. The van der Waals surface area contributed by atoms with E-state index in [1.807, 2.05) is 0 Å². The average molecular weight is 221 g/mol. The smallest absolute Gasteiger partial charge is 0.126 e. The average Bonchev–Trinajstić information content (AvgIpc) is 2.29. The summed E-state index contributed by atoms with van der Waals surface area (Å²) in [5.74, 6) is -0.328. The Morgan fingerprint density at radius 3 is 2.67 bits per heavy atom. The molecule has 0 N–H and O–H groups in total. The third-order valence-electron chi connectivity index (χ3n) is 1.52. The Kier molecular flexibility index (Phi) is 1.99. The lowest BCUT2D eigenvalue weighted by atomic mass is 10.2. The molecular weight excluding hydrogens is 218 g/mol. The van der Waals surface area contributed by atoms with Crippen LogP contribution in [0.5, 0.6) is 0 Å². The lowest BCUT2D eigenvalue weighted by molar-refractivity contribution is 0.630. The van der Waals surface area contributed by atoms with Crippen molar-refractivity contribution in [3.63, 3.8) is 0 Å². The van der Waals surface area contributed by atoms with Gasteiger partial charge in [-0.05, 0) is 18.2 Å². The number of hydrogen-bond donors (Lipinski definition) is 0. The normalized spacial score (nSPS) is 10.9. The van der Waals surface area contributed by atoms with Gasteiger partial charge in [-0.3, -0.25) is 0 Å². The summed E-state index contributed by atoms with van der Waals surface area (Å²) >= 11 is 12.8. The van der Waals surface area contributed by atoms with Crippen molar-refractivity contribution < 1.29 is 4.39 Å². The van der Waals surface area contributed by atoms with Crippen LogP contribution in [0.25, 0.3) is 10.1 Å². The minimum Gasteiger partial charge on any atom is -0.207 e. The maximum atomic E-state index is 12.8. The summed E-state index contributed by atoms with van der Waals surface area (Å²) in [5.41, 5.74) is 0. The quantitative estimate of drug-likeness (QED) is 0.620. The summed E-state index contributed by atoms with van der Waals surface area (Å²) in [7, 11) is 0. The molecule has 0 amide bonds. The van der Waals surface area contributed by atoms with Crippen LogP contribution in [0.1, 0.15) is 0 Å². The number of halogens is 3. The number of thiophene rings is 1. The second-order valence-corrected chi connectivity index (χ2v) is 4.47. The van der Waals surface area contributed by atoms with E-state index in [9.17, 15) is 4.39 Å². The number of benzene rings is 1. The van der Waals surface area contributed by atoms with Crippen LogP contribution in [-0.4, -0.2) is 0 Å². The van der Waals surface area contributed by atoms with E-state index in [4.69, 9.17) is 23.2 Å². The van der Waals surface area contributed by atoms with Gasteiger partial charge in [0.05, 0.1) is 9.36 Å². The van der Waals surface area contributed by atoms with Gasteiger partial charge >= 0.3 is 0 Å². The molecule has 62 valence electrons. The molecule has 2 rings (SSSR count). The van der Waals surface area contributed by atoms with Crippen molar-refractivity contribution in [3.05, 3.63) is 33.4 Å². The Bertz CT molecular complexity index is 436. The molecule has 0 unspecified atom stereocenters. The fourth-order valence-corrected chi connectivity index (χ4v) is 2.55. The highest BCUT2D eigenvalue weighted by Crippen LogP contribution is 2.34. The molecule has 0 saturated heterocycles. The molecule has 0 nitrogen and oxygen atoms in total. The van der Waals surface area contributed by atoms with E-state index >= 15 is 0 Å². The highest BCUT2D eigenvalue weighted by atomic mass is 35.5. The largest absolute Gasteiger partial charge is 0.207 e. The number of hydrogen-bond acceptors (Lipinski definition) is 1. The Labute approximate surface area is 82.5 Å². The van der Waals surface area contributed by atoms with Crippen molar-refractivity contribution >= 4 is 44.6 Å². The van der Waals surface area contributed by atoms with E-state index in [2.05, 4.69) is 0 Å². The molecular formula is C8H3Cl2FS. The molecule has 1 heterocycles. The first-order valence-electron chi connectivity index (χ1n) is 3.21. The van der Waals surface area contributed by atoms with Crippen LogP contribution < -0.4 is 0 Å². The third kappa shape index (κ3) is 1.30. The van der Waals surface area contributed by atoms with Gasteiger partial charge in [0, 0.05) is 10.1 Å². The first-order valence-corrected chi connectivity index (χ1v) is 4.78. The van der Waals surface area contributed by atoms with E-state index in [1.54, 1.807) is 6.07 Å². The van der Waals surface area contributed by atoms with Gasteiger partial charge in [0.15, 0.2) is 0 Å². The monoisotopic (exact) mass is 220 g/mol. The summed E-state index contributed by atoms with van der Waals surface area (Å²) < 4.78 is 14.2. The molecule has 1 aromatic heterocycles. The van der Waals surface area contributed by atoms with Gasteiger partial charge in [0.2, 0.25) is 0 Å². The topological polar surface area (TPSA) is 0 Å². The fraction of sp³-hybridized carbons (Fsp3) is 0. The Morgan fingerprint density at radius 2 is 1.92 bits per heavy atom. The summed E-state index contributed by atoms with van der Waals surface area (Å²) in [5, 5.41) is 1.22. The zero-order chi connectivity index (χ0) is 8.72. The van der Waals surface area contributed by atoms with Crippen LogP contribution in [0.2, 0.25) is 9.36 Å². The zero-order valence-corrected chi connectivity index (χ0v) is 8.10. The van der Waals surface area contributed by atoms with Crippen LogP contribution in [0.15, 0.2) is 18.2 Å². The van der Waals surface area contributed by atoms with Crippen molar-refractivity contribution in [3.8, 4) is 0 Å². The second kappa shape index (κ2) is 2.87. The van der Waals surface area contributed by atoms with Crippen LogP contribution in [-0.2, 0) is 0 Å². The van der Waals surface area contributed by atoms with Crippen molar-refractivity contribution in [1.82, 2.24) is 0 Å². The second-order valence-electron chi connectivity index (χ2n) is 2.35. The lowest BCUT2D eigenvalue weighted by Crippen LogP contribution is -1.72. The van der Waals surface area contributed by atoms with Crippen molar-refractivity contribution in [1.29, 1.82) is 0 Å². The van der Waals surface area contributed by atoms with E-state index in [0.29, 0.717) is 9.36 Å². The fourth-order valence-electron chi connectivity index (χ4n) is 1.03. The minimum absolute atomic E-state index is 0.328. The van der Waals surface area contributed by atoms with E-state index in [1.165, 1.54) is 23.5 Å². The minimum atomic E-state index is -0.328. The number of rotatable bonds is 0. The van der Waals surface area contributed by atoms with E-state index in [-0.39, 0.29) is 5.82 Å². The molecule has 0 aliphatic heterocycles. The molecule has 2 aromatic rings. The molecule has 0 radical (unpaired) electrons. The molecule has 4 heteroatoms. The Hall–Kier alpha value is -0.310. The van der Waals surface area contributed by atoms with Gasteiger partial charge < -0.3 is 0 Å². The first kappa shape index (κ1) is 8.30. The molecule has 0 saturated carbocycles. The van der Waals surface area contributed by atoms with Crippen LogP contribution >= 0.6 is 34.5 Å². The standard InChI is InChI=1S/C8H3Cl2FS/c9-6-1-4(11)2-7-5(6)3-8(10)12-7/h1-3H. The summed E-state index contributed by atoms with van der Waals surface area (Å²) in [6, 6.07) is 4.45. The number of fused-ring (bicyclic) bond motifs is 1. The first-order chi connectivity index (χ1) is 5.66. The molecule has 0 spiro atoms. The van der Waals surface area contributed by atoms with Crippen molar-refractivity contribution in [2.24, 2.45) is 0 Å². The highest BCUT2D eigenvalue weighted by molar-refractivity contribution is 7.22. The van der Waals surface area contributed by atoms with Crippen LogP contribution in [0.4, 0.5) is 4.39 Å².